The van der Waals surface area contributed by atoms with Gasteiger partial charge in [0.25, 0.3) is 5.91 Å². The Hall–Kier alpha value is -1.18. The molecule has 3 N–H and O–H groups in total. The van der Waals surface area contributed by atoms with Gasteiger partial charge in [0.05, 0.1) is 18.4 Å². The molecular weight excluding hydrogens is 278 g/mol. The first-order valence-electron chi connectivity index (χ1n) is 6.76. The summed E-state index contributed by atoms with van der Waals surface area (Å²) in [5, 5.41) is 3.54. The van der Waals surface area contributed by atoms with Gasteiger partial charge in [-0.2, -0.15) is 0 Å². The normalized spacial score (nSPS) is 31.7. The van der Waals surface area contributed by atoms with Gasteiger partial charge >= 0.3 is 0 Å². The zero-order valence-corrected chi connectivity index (χ0v) is 12.4. The lowest BCUT2D eigenvalue weighted by Gasteiger charge is -2.47. The van der Waals surface area contributed by atoms with Crippen LogP contribution in [0.2, 0.25) is 0 Å². The van der Waals surface area contributed by atoms with E-state index >= 15 is 0 Å². The number of carbonyl (C=O) groups is 1. The lowest BCUT2D eigenvalue weighted by Crippen LogP contribution is -2.62. The number of nitrogens with two attached hydrogens (primary N) is 1. The van der Waals surface area contributed by atoms with Crippen LogP contribution in [0.4, 0.5) is 5.13 Å². The van der Waals surface area contributed by atoms with Crippen LogP contribution in [0, 0.1) is 18.8 Å². The van der Waals surface area contributed by atoms with Crippen molar-refractivity contribution in [3.8, 4) is 0 Å². The molecule has 2 fully saturated rings. The topological polar surface area (TPSA) is 86.5 Å². The van der Waals surface area contributed by atoms with Crippen molar-refractivity contribution in [3.05, 3.63) is 10.6 Å². The van der Waals surface area contributed by atoms with Crippen molar-refractivity contribution in [2.75, 3.05) is 26.1 Å². The third kappa shape index (κ3) is 2.19. The molecule has 1 aromatic rings. The molecule has 0 bridgehead atoms. The van der Waals surface area contributed by atoms with E-state index in [1.54, 1.807) is 14.0 Å². The maximum atomic E-state index is 12.3. The summed E-state index contributed by atoms with van der Waals surface area (Å²) in [7, 11) is 1.68. The Morgan fingerprint density at radius 2 is 2.45 bits per heavy atom. The number of aromatic nitrogens is 1. The number of nitrogens with one attached hydrogen (secondary N) is 1. The van der Waals surface area contributed by atoms with E-state index in [9.17, 15) is 4.79 Å². The molecule has 0 aromatic carbocycles. The molecule has 0 unspecified atom stereocenters. The zero-order chi connectivity index (χ0) is 14.3. The number of rotatable bonds is 4. The number of anilines is 1. The highest BCUT2D eigenvalue weighted by Crippen LogP contribution is 2.44. The minimum Gasteiger partial charge on any atom is -0.384 e. The average molecular weight is 297 g/mol. The molecule has 0 radical (unpaired) electrons. The Kier molecular flexibility index (Phi) is 3.66. The van der Waals surface area contributed by atoms with Crippen molar-refractivity contribution in [1.82, 2.24) is 10.3 Å². The number of methoxy groups -OCH3 is 1. The van der Waals surface area contributed by atoms with Gasteiger partial charge in [0, 0.05) is 31.6 Å². The minimum atomic E-state index is -0.0897. The van der Waals surface area contributed by atoms with Gasteiger partial charge < -0.3 is 20.5 Å². The van der Waals surface area contributed by atoms with Gasteiger partial charge in [-0.15, -0.1) is 0 Å². The van der Waals surface area contributed by atoms with E-state index in [2.05, 4.69) is 10.3 Å². The molecule has 4 atom stereocenters. The molecule has 1 aliphatic heterocycles. The number of thiazole rings is 1. The van der Waals surface area contributed by atoms with Crippen molar-refractivity contribution < 1.29 is 14.3 Å². The highest BCUT2D eigenvalue weighted by atomic mass is 32.1. The summed E-state index contributed by atoms with van der Waals surface area (Å²) in [5.41, 5.74) is 6.33. The number of nitrogen functional groups attached to an aromatic ring is 1. The number of nitrogens with zero attached hydrogens (tertiary/aromatic N) is 1. The van der Waals surface area contributed by atoms with Crippen LogP contribution in [0.15, 0.2) is 0 Å². The standard InChI is InChI=1S/C13H19N3O3S/c1-6-11(20-13(14)15-6)12(17)16-9-7-3-4-19-10(7)8(9)5-18-2/h7-10H,3-5H2,1-2H3,(H2,14,15)(H,16,17)/t7-,8-,9-,10-/m0/s1. The lowest BCUT2D eigenvalue weighted by atomic mass is 9.67. The Morgan fingerprint density at radius 1 is 1.65 bits per heavy atom. The summed E-state index contributed by atoms with van der Waals surface area (Å²) in [6.45, 7) is 3.18. The second-order valence-corrected chi connectivity index (χ2v) is 6.40. The van der Waals surface area contributed by atoms with E-state index in [4.69, 9.17) is 15.2 Å². The Morgan fingerprint density at radius 3 is 3.10 bits per heavy atom. The number of ether oxygens (including phenoxy) is 2. The van der Waals surface area contributed by atoms with Crippen LogP contribution < -0.4 is 11.1 Å². The van der Waals surface area contributed by atoms with Crippen molar-refractivity contribution in [1.29, 1.82) is 0 Å². The summed E-state index contributed by atoms with van der Waals surface area (Å²) in [4.78, 5) is 17.0. The van der Waals surface area contributed by atoms with Gasteiger partial charge in [0.15, 0.2) is 5.13 Å². The Balaban J connectivity index is 1.70. The summed E-state index contributed by atoms with van der Waals surface area (Å²) >= 11 is 1.23. The molecule has 1 saturated carbocycles. The fraction of sp³-hybridized carbons (Fsp3) is 0.692. The second-order valence-electron chi connectivity index (χ2n) is 5.37. The minimum absolute atomic E-state index is 0.0897. The van der Waals surface area contributed by atoms with Crippen molar-refractivity contribution in [2.24, 2.45) is 11.8 Å². The second kappa shape index (κ2) is 5.31. The van der Waals surface area contributed by atoms with Gasteiger partial charge in [0.2, 0.25) is 0 Å². The average Bonchev–Trinajstić information content (AvgIpc) is 2.97. The SMILES string of the molecule is COC[C@H]1[C@@H](NC(=O)c2sc(N)nc2C)[C@@H]2CCO[C@@H]21. The molecule has 1 aromatic heterocycles. The van der Waals surface area contributed by atoms with Crippen LogP contribution in [0.25, 0.3) is 0 Å². The predicted octanol–water partition coefficient (Wildman–Crippen LogP) is 0.813. The first-order chi connectivity index (χ1) is 9.61. The van der Waals surface area contributed by atoms with Gasteiger partial charge in [0.1, 0.15) is 4.88 Å². The summed E-state index contributed by atoms with van der Waals surface area (Å²) in [6, 6.07) is 0.123. The summed E-state index contributed by atoms with van der Waals surface area (Å²) in [6.07, 6.45) is 1.23. The van der Waals surface area contributed by atoms with Crippen LogP contribution in [-0.4, -0.2) is 43.4 Å². The number of carbonyl (C=O) groups excluding carboxylic acids is 1. The number of hydrogen-bond donors (Lipinski definition) is 2. The number of fused-ring (bicyclic) bond motifs is 1. The van der Waals surface area contributed by atoms with E-state index in [-0.39, 0.29) is 24.0 Å². The molecule has 2 aliphatic rings. The van der Waals surface area contributed by atoms with E-state index in [0.717, 1.165) is 13.0 Å². The zero-order valence-electron chi connectivity index (χ0n) is 11.6. The van der Waals surface area contributed by atoms with E-state index in [1.807, 2.05) is 0 Å². The maximum Gasteiger partial charge on any atom is 0.263 e. The molecule has 3 rings (SSSR count). The van der Waals surface area contributed by atoms with Crippen molar-refractivity contribution in [3.63, 3.8) is 0 Å². The van der Waals surface area contributed by atoms with E-state index in [0.29, 0.717) is 28.2 Å². The number of amides is 1. The van der Waals surface area contributed by atoms with E-state index in [1.165, 1.54) is 11.3 Å². The third-order valence-corrected chi connectivity index (χ3v) is 5.19. The van der Waals surface area contributed by atoms with Gasteiger partial charge in [-0.1, -0.05) is 11.3 Å². The largest absolute Gasteiger partial charge is 0.384 e. The maximum absolute atomic E-state index is 12.3. The highest BCUT2D eigenvalue weighted by molar-refractivity contribution is 7.17. The van der Waals surface area contributed by atoms with Crippen molar-refractivity contribution in [2.45, 2.75) is 25.5 Å². The summed E-state index contributed by atoms with van der Waals surface area (Å²) < 4.78 is 10.9. The molecule has 20 heavy (non-hydrogen) atoms. The van der Waals surface area contributed by atoms with Crippen LogP contribution in [0.5, 0.6) is 0 Å². The monoisotopic (exact) mass is 297 g/mol. The third-order valence-electron chi connectivity index (χ3n) is 4.20. The Bertz CT molecular complexity index is 519. The number of aryl methyl sites for hydroxylation is 1. The van der Waals surface area contributed by atoms with Gasteiger partial charge in [-0.05, 0) is 13.3 Å². The fourth-order valence-electron chi connectivity index (χ4n) is 3.28. The number of hydrogen-bond acceptors (Lipinski definition) is 6. The van der Waals surface area contributed by atoms with Gasteiger partial charge in [-0.3, -0.25) is 4.79 Å². The van der Waals surface area contributed by atoms with Crippen molar-refractivity contribution >= 4 is 22.4 Å². The molecule has 1 aliphatic carbocycles. The van der Waals surface area contributed by atoms with Gasteiger partial charge in [-0.25, -0.2) is 4.98 Å². The lowest BCUT2D eigenvalue weighted by molar-refractivity contribution is -0.0809. The summed E-state index contributed by atoms with van der Waals surface area (Å²) in [5.74, 6) is 0.555. The molecule has 1 amide bonds. The van der Waals surface area contributed by atoms with Crippen LogP contribution in [0.1, 0.15) is 21.8 Å². The molecule has 0 spiro atoms. The van der Waals surface area contributed by atoms with E-state index < -0.39 is 0 Å². The quantitative estimate of drug-likeness (QED) is 0.859. The first-order valence-corrected chi connectivity index (χ1v) is 7.57. The highest BCUT2D eigenvalue weighted by Gasteiger charge is 2.54. The first kappa shape index (κ1) is 13.8. The molecule has 110 valence electrons. The molecular formula is C13H19N3O3S. The molecule has 7 heteroatoms. The van der Waals surface area contributed by atoms with Crippen LogP contribution >= 0.6 is 11.3 Å². The smallest absolute Gasteiger partial charge is 0.263 e. The Labute approximate surface area is 121 Å². The molecule has 2 heterocycles. The predicted molar refractivity (Wildman–Crippen MR) is 75.7 cm³/mol. The molecule has 6 nitrogen and oxygen atoms in total. The fourth-order valence-corrected chi connectivity index (χ4v) is 4.02. The van der Waals surface area contributed by atoms with Crippen LogP contribution in [0.3, 0.4) is 0 Å². The van der Waals surface area contributed by atoms with Crippen LogP contribution in [-0.2, 0) is 9.47 Å². The molecule has 1 saturated heterocycles.